The van der Waals surface area contributed by atoms with Crippen LogP contribution in [0.15, 0.2) is 29.2 Å². The van der Waals surface area contributed by atoms with Crippen LogP contribution in [0.1, 0.15) is 44.1 Å². The summed E-state index contributed by atoms with van der Waals surface area (Å²) in [4.78, 5) is 2.31. The Morgan fingerprint density at radius 2 is 2.00 bits per heavy atom. The van der Waals surface area contributed by atoms with Crippen LogP contribution in [0.4, 0.5) is 0 Å². The van der Waals surface area contributed by atoms with Gasteiger partial charge in [-0.25, -0.2) is 0 Å². The third kappa shape index (κ3) is 3.14. The topological polar surface area (TPSA) is 0 Å². The molecule has 1 heterocycles. The molecule has 1 aromatic carbocycles. The Balaban J connectivity index is 1.58. The average Bonchev–Trinajstić information content (AvgIpc) is 2.65. The molecule has 1 saturated carbocycles. The van der Waals surface area contributed by atoms with Crippen LogP contribution in [-0.2, 0) is 6.42 Å². The first-order valence-electron chi connectivity index (χ1n) is 7.20. The molecule has 0 radical (unpaired) electrons. The third-order valence-corrected chi connectivity index (χ3v) is 6.46. The predicted octanol–water partition coefficient (Wildman–Crippen LogP) is 5.44. The number of hydrogen-bond acceptors (Lipinski definition) is 1. The normalized spacial score (nSPS) is 31.9. The molecule has 0 bridgehead atoms. The van der Waals surface area contributed by atoms with Gasteiger partial charge in [0.2, 0.25) is 0 Å². The van der Waals surface area contributed by atoms with Gasteiger partial charge in [-0.05, 0) is 43.2 Å². The van der Waals surface area contributed by atoms with Crippen molar-refractivity contribution in [2.75, 3.05) is 0 Å². The molecule has 1 fully saturated rings. The number of halogens is 1. The van der Waals surface area contributed by atoms with Crippen LogP contribution in [0.5, 0.6) is 0 Å². The zero-order chi connectivity index (χ0) is 12.4. The fraction of sp³-hybridized carbons (Fsp3) is 0.625. The van der Waals surface area contributed by atoms with Crippen molar-refractivity contribution in [3.63, 3.8) is 0 Å². The molecule has 0 amide bonds. The zero-order valence-electron chi connectivity index (χ0n) is 10.8. The monoisotopic (exact) mass is 324 g/mol. The third-order valence-electron chi connectivity index (χ3n) is 4.28. The molecule has 2 heteroatoms. The molecule has 0 spiro atoms. The second kappa shape index (κ2) is 6.00. The number of rotatable bonds is 2. The number of hydrogen-bond donors (Lipinski definition) is 0. The molecule has 18 heavy (non-hydrogen) atoms. The molecule has 0 aromatic heterocycles. The Morgan fingerprint density at radius 1 is 1.17 bits per heavy atom. The highest BCUT2D eigenvalue weighted by Gasteiger charge is 2.26. The van der Waals surface area contributed by atoms with E-state index in [2.05, 4.69) is 52.0 Å². The summed E-state index contributed by atoms with van der Waals surface area (Å²) >= 11 is 5.97. The van der Waals surface area contributed by atoms with Gasteiger partial charge in [-0.15, -0.1) is 11.8 Å². The maximum atomic E-state index is 3.85. The lowest BCUT2D eigenvalue weighted by molar-refractivity contribution is 0.427. The number of thioether (sulfide) groups is 1. The molecule has 0 saturated heterocycles. The van der Waals surface area contributed by atoms with Crippen LogP contribution in [0.3, 0.4) is 0 Å². The molecule has 0 N–H and O–H groups in total. The molecule has 1 aliphatic heterocycles. The molecule has 3 atom stereocenters. The van der Waals surface area contributed by atoms with E-state index < -0.39 is 0 Å². The summed E-state index contributed by atoms with van der Waals surface area (Å²) in [6.07, 6.45) is 9.81. The molecular formula is C16H21BrS. The van der Waals surface area contributed by atoms with E-state index in [1.807, 2.05) is 0 Å². The highest BCUT2D eigenvalue weighted by molar-refractivity contribution is 9.09. The summed E-state index contributed by atoms with van der Waals surface area (Å²) in [5, 5.41) is 0.838. The minimum absolute atomic E-state index is 0.777. The minimum Gasteiger partial charge on any atom is -0.122 e. The maximum Gasteiger partial charge on any atom is 0.0148 e. The van der Waals surface area contributed by atoms with Gasteiger partial charge in [-0.1, -0.05) is 53.4 Å². The summed E-state index contributed by atoms with van der Waals surface area (Å²) in [6, 6.07) is 8.96. The zero-order valence-corrected chi connectivity index (χ0v) is 13.2. The summed E-state index contributed by atoms with van der Waals surface area (Å²) in [7, 11) is 0. The summed E-state index contributed by atoms with van der Waals surface area (Å²) in [5.41, 5.74) is 1.58. The molecule has 98 valence electrons. The Hall–Kier alpha value is 0.0500. The summed E-state index contributed by atoms with van der Waals surface area (Å²) in [6.45, 7) is 0. The predicted molar refractivity (Wildman–Crippen MR) is 83.7 cm³/mol. The number of alkyl halides is 1. The van der Waals surface area contributed by atoms with Crippen molar-refractivity contribution >= 4 is 27.7 Å². The Labute approximate surface area is 123 Å². The Bertz CT molecular complexity index is 379. The quantitative estimate of drug-likeness (QED) is 0.515. The SMILES string of the molecule is BrC1CCCCC(CC2Cc3ccccc3S2)C1. The van der Waals surface area contributed by atoms with Gasteiger partial charge in [0.25, 0.3) is 0 Å². The lowest BCUT2D eigenvalue weighted by atomic mass is 9.93. The van der Waals surface area contributed by atoms with E-state index in [-0.39, 0.29) is 0 Å². The Morgan fingerprint density at radius 3 is 2.89 bits per heavy atom. The second-order valence-electron chi connectivity index (χ2n) is 5.77. The van der Waals surface area contributed by atoms with Crippen LogP contribution >= 0.6 is 27.7 Å². The van der Waals surface area contributed by atoms with Crippen molar-refractivity contribution < 1.29 is 0 Å². The van der Waals surface area contributed by atoms with Gasteiger partial charge in [0.05, 0.1) is 0 Å². The van der Waals surface area contributed by atoms with Crippen molar-refractivity contribution in [3.8, 4) is 0 Å². The van der Waals surface area contributed by atoms with Crippen molar-refractivity contribution in [2.24, 2.45) is 5.92 Å². The molecule has 1 aromatic rings. The highest BCUT2D eigenvalue weighted by atomic mass is 79.9. The van der Waals surface area contributed by atoms with E-state index in [0.29, 0.717) is 0 Å². The highest BCUT2D eigenvalue weighted by Crippen LogP contribution is 2.42. The van der Waals surface area contributed by atoms with Gasteiger partial charge in [-0.3, -0.25) is 0 Å². The smallest absolute Gasteiger partial charge is 0.0148 e. The fourth-order valence-electron chi connectivity index (χ4n) is 3.37. The first-order valence-corrected chi connectivity index (χ1v) is 8.99. The Kier molecular flexibility index (Phi) is 4.35. The van der Waals surface area contributed by atoms with Crippen molar-refractivity contribution in [1.29, 1.82) is 0 Å². The molecular weight excluding hydrogens is 304 g/mol. The lowest BCUT2D eigenvalue weighted by Crippen LogP contribution is -2.12. The van der Waals surface area contributed by atoms with Crippen LogP contribution in [0.25, 0.3) is 0 Å². The number of fused-ring (bicyclic) bond motifs is 1. The van der Waals surface area contributed by atoms with Crippen LogP contribution in [-0.4, -0.2) is 10.1 Å². The largest absolute Gasteiger partial charge is 0.122 e. The van der Waals surface area contributed by atoms with Crippen molar-refractivity contribution in [2.45, 2.75) is 59.9 Å². The molecule has 2 aliphatic rings. The van der Waals surface area contributed by atoms with E-state index in [0.717, 1.165) is 16.0 Å². The molecule has 3 unspecified atom stereocenters. The van der Waals surface area contributed by atoms with E-state index in [1.165, 1.54) is 49.8 Å². The summed E-state index contributed by atoms with van der Waals surface area (Å²) in [5.74, 6) is 0.948. The van der Waals surface area contributed by atoms with Gasteiger partial charge in [-0.2, -0.15) is 0 Å². The maximum absolute atomic E-state index is 3.85. The van der Waals surface area contributed by atoms with Crippen LogP contribution < -0.4 is 0 Å². The van der Waals surface area contributed by atoms with Gasteiger partial charge in [0.15, 0.2) is 0 Å². The number of benzene rings is 1. The average molecular weight is 325 g/mol. The van der Waals surface area contributed by atoms with Gasteiger partial charge in [0, 0.05) is 15.0 Å². The first-order chi connectivity index (χ1) is 8.81. The molecule has 0 nitrogen and oxygen atoms in total. The lowest BCUT2D eigenvalue weighted by Gasteiger charge is -2.19. The van der Waals surface area contributed by atoms with E-state index >= 15 is 0 Å². The van der Waals surface area contributed by atoms with E-state index in [9.17, 15) is 0 Å². The van der Waals surface area contributed by atoms with Gasteiger partial charge in [0.1, 0.15) is 0 Å². The van der Waals surface area contributed by atoms with Gasteiger partial charge < -0.3 is 0 Å². The second-order valence-corrected chi connectivity index (χ2v) is 8.41. The van der Waals surface area contributed by atoms with Gasteiger partial charge >= 0.3 is 0 Å². The molecule has 3 rings (SSSR count). The first kappa shape index (κ1) is 13.1. The summed E-state index contributed by atoms with van der Waals surface area (Å²) < 4.78 is 0. The van der Waals surface area contributed by atoms with E-state index in [1.54, 1.807) is 5.56 Å². The fourth-order valence-corrected chi connectivity index (χ4v) is 5.67. The molecule has 1 aliphatic carbocycles. The van der Waals surface area contributed by atoms with Crippen LogP contribution in [0, 0.1) is 5.92 Å². The van der Waals surface area contributed by atoms with Crippen molar-refractivity contribution in [3.05, 3.63) is 29.8 Å². The minimum atomic E-state index is 0.777. The van der Waals surface area contributed by atoms with E-state index in [4.69, 9.17) is 0 Å². The van der Waals surface area contributed by atoms with Crippen molar-refractivity contribution in [1.82, 2.24) is 0 Å². The standard InChI is InChI=1S/C16H21BrS/c17-14-7-3-1-5-12(9-14)10-15-11-13-6-2-4-8-16(13)18-15/h2,4,6,8,12,14-15H,1,3,5,7,9-11H2. The van der Waals surface area contributed by atoms with Crippen LogP contribution in [0.2, 0.25) is 0 Å².